The Labute approximate surface area is 105 Å². The zero-order chi connectivity index (χ0) is 14.5. The number of esters is 1. The molecule has 106 valence electrons. The largest absolute Gasteiger partial charge is 0.451 e. The lowest BCUT2D eigenvalue weighted by atomic mass is 10.2. The second-order valence-electron chi connectivity index (χ2n) is 3.56. The molecule has 7 nitrogen and oxygen atoms in total. The van der Waals surface area contributed by atoms with Gasteiger partial charge in [-0.2, -0.15) is 18.3 Å². The maximum atomic E-state index is 11.8. The monoisotopic (exact) mass is 281 g/mol. The minimum atomic E-state index is -4.53. The van der Waals surface area contributed by atoms with Crippen LogP contribution in [0.5, 0.6) is 0 Å². The number of nitrogens with zero attached hydrogens (tertiary/aromatic N) is 1. The predicted molar refractivity (Wildman–Crippen MR) is 54.8 cm³/mol. The summed E-state index contributed by atoms with van der Waals surface area (Å²) in [6.07, 6.45) is -4.43. The smallest absolute Gasteiger partial charge is 0.405 e. The van der Waals surface area contributed by atoms with Crippen molar-refractivity contribution in [3.63, 3.8) is 0 Å². The van der Waals surface area contributed by atoms with Crippen LogP contribution in [0.2, 0.25) is 0 Å². The fourth-order valence-electron chi connectivity index (χ4n) is 1.09. The van der Waals surface area contributed by atoms with Crippen molar-refractivity contribution < 1.29 is 32.3 Å². The summed E-state index contributed by atoms with van der Waals surface area (Å²) in [5.41, 5.74) is 1.95. The topological polar surface area (TPSA) is 96.9 Å². The molecule has 0 unspecified atom stereocenters. The first-order valence-electron chi connectivity index (χ1n) is 5.14. The van der Waals surface area contributed by atoms with Crippen LogP contribution in [0.3, 0.4) is 0 Å². The summed E-state index contributed by atoms with van der Waals surface area (Å²) in [5.74, 6) is -2.40. The molecule has 0 radical (unpaired) electrons. The Morgan fingerprint density at radius 1 is 1.37 bits per heavy atom. The van der Waals surface area contributed by atoms with Gasteiger partial charge in [0.05, 0.1) is 0 Å². The highest BCUT2D eigenvalue weighted by molar-refractivity contribution is 6.37. The van der Waals surface area contributed by atoms with Crippen LogP contribution in [-0.2, 0) is 19.1 Å². The molecule has 1 heterocycles. The normalized spacial score (nSPS) is 15.3. The number of carbonyl (C=O) groups excluding carboxylic acids is 3. The molecule has 0 aromatic rings. The molecular formula is C9H10F3N3O4. The van der Waals surface area contributed by atoms with E-state index in [-0.39, 0.29) is 24.5 Å². The number of hydrogen-bond donors (Lipinski definition) is 2. The SMILES string of the molecule is O=C(COC(=O)C1=NNC(=O)CC1)NCC(F)(F)F. The van der Waals surface area contributed by atoms with Gasteiger partial charge < -0.3 is 10.1 Å². The molecule has 10 heteroatoms. The number of hydrazone groups is 1. The number of halogens is 3. The molecule has 0 aromatic heterocycles. The second kappa shape index (κ2) is 6.16. The van der Waals surface area contributed by atoms with Crippen molar-refractivity contribution in [3.05, 3.63) is 0 Å². The van der Waals surface area contributed by atoms with Crippen LogP contribution in [0.4, 0.5) is 13.2 Å². The molecule has 0 saturated heterocycles. The summed E-state index contributed by atoms with van der Waals surface area (Å²) >= 11 is 0. The van der Waals surface area contributed by atoms with E-state index in [1.54, 1.807) is 0 Å². The van der Waals surface area contributed by atoms with Gasteiger partial charge in [-0.1, -0.05) is 0 Å². The third-order valence-corrected chi connectivity index (χ3v) is 1.96. The number of hydrogen-bond acceptors (Lipinski definition) is 5. The van der Waals surface area contributed by atoms with Crippen LogP contribution in [0.1, 0.15) is 12.8 Å². The van der Waals surface area contributed by atoms with Crippen molar-refractivity contribution in [2.24, 2.45) is 5.10 Å². The van der Waals surface area contributed by atoms with Crippen LogP contribution in [0.25, 0.3) is 0 Å². The van der Waals surface area contributed by atoms with Gasteiger partial charge in [0.1, 0.15) is 12.3 Å². The molecule has 0 aliphatic carbocycles. The molecule has 1 aliphatic rings. The Bertz CT molecular complexity index is 419. The van der Waals surface area contributed by atoms with E-state index in [9.17, 15) is 27.6 Å². The molecule has 0 spiro atoms. The minimum Gasteiger partial charge on any atom is -0.451 e. The van der Waals surface area contributed by atoms with Crippen LogP contribution < -0.4 is 10.7 Å². The van der Waals surface area contributed by atoms with Crippen LogP contribution in [-0.4, -0.2) is 42.8 Å². The summed E-state index contributed by atoms with van der Waals surface area (Å²) < 4.78 is 39.7. The van der Waals surface area contributed by atoms with E-state index in [4.69, 9.17) is 0 Å². The molecule has 0 fully saturated rings. The number of alkyl halides is 3. The van der Waals surface area contributed by atoms with Crippen LogP contribution in [0.15, 0.2) is 5.10 Å². The van der Waals surface area contributed by atoms with Crippen LogP contribution >= 0.6 is 0 Å². The molecule has 2 amide bonds. The molecule has 1 aliphatic heterocycles. The van der Waals surface area contributed by atoms with E-state index in [0.29, 0.717) is 0 Å². The summed E-state index contributed by atoms with van der Waals surface area (Å²) in [6, 6.07) is 0. The van der Waals surface area contributed by atoms with E-state index in [1.807, 2.05) is 5.43 Å². The fourth-order valence-corrected chi connectivity index (χ4v) is 1.09. The Morgan fingerprint density at radius 2 is 2.05 bits per heavy atom. The molecule has 0 aromatic carbocycles. The lowest BCUT2D eigenvalue weighted by Crippen LogP contribution is -2.37. The Hall–Kier alpha value is -2.13. The lowest BCUT2D eigenvalue weighted by Gasteiger charge is -2.11. The van der Waals surface area contributed by atoms with E-state index in [1.165, 1.54) is 5.32 Å². The van der Waals surface area contributed by atoms with Crippen molar-refractivity contribution in [2.75, 3.05) is 13.2 Å². The second-order valence-corrected chi connectivity index (χ2v) is 3.56. The Balaban J connectivity index is 2.30. The zero-order valence-corrected chi connectivity index (χ0v) is 9.54. The number of nitrogens with one attached hydrogen (secondary N) is 2. The average molecular weight is 281 g/mol. The quantitative estimate of drug-likeness (QED) is 0.677. The lowest BCUT2D eigenvalue weighted by molar-refractivity contribution is -0.147. The van der Waals surface area contributed by atoms with Gasteiger partial charge in [-0.05, 0) is 0 Å². The van der Waals surface area contributed by atoms with Gasteiger partial charge in [-0.25, -0.2) is 10.2 Å². The summed E-state index contributed by atoms with van der Waals surface area (Å²) in [6.45, 7) is -2.34. The zero-order valence-electron chi connectivity index (χ0n) is 9.54. The van der Waals surface area contributed by atoms with Gasteiger partial charge in [-0.3, -0.25) is 9.59 Å². The number of amides is 2. The molecule has 0 bridgehead atoms. The van der Waals surface area contributed by atoms with Gasteiger partial charge >= 0.3 is 12.1 Å². The van der Waals surface area contributed by atoms with E-state index < -0.39 is 31.2 Å². The first-order valence-corrected chi connectivity index (χ1v) is 5.14. The average Bonchev–Trinajstić information content (AvgIpc) is 2.33. The van der Waals surface area contributed by atoms with E-state index >= 15 is 0 Å². The first kappa shape index (κ1) is 14.9. The number of rotatable bonds is 4. The minimum absolute atomic E-state index is 0.0498. The van der Waals surface area contributed by atoms with E-state index in [2.05, 4.69) is 9.84 Å². The molecule has 0 atom stereocenters. The van der Waals surface area contributed by atoms with Gasteiger partial charge in [0.15, 0.2) is 6.61 Å². The molecule has 1 rings (SSSR count). The van der Waals surface area contributed by atoms with Crippen molar-refractivity contribution >= 4 is 23.5 Å². The highest BCUT2D eigenvalue weighted by Gasteiger charge is 2.28. The van der Waals surface area contributed by atoms with Gasteiger partial charge in [0, 0.05) is 12.8 Å². The Morgan fingerprint density at radius 3 is 2.58 bits per heavy atom. The summed E-state index contributed by atoms with van der Waals surface area (Å²) in [7, 11) is 0. The molecule has 0 saturated carbocycles. The first-order chi connectivity index (χ1) is 8.78. The summed E-state index contributed by atoms with van der Waals surface area (Å²) in [5, 5.41) is 4.94. The third kappa shape index (κ3) is 5.84. The molecule has 2 N–H and O–H groups in total. The van der Waals surface area contributed by atoms with E-state index in [0.717, 1.165) is 0 Å². The number of ether oxygens (including phenoxy) is 1. The fraction of sp³-hybridized carbons (Fsp3) is 0.556. The highest BCUT2D eigenvalue weighted by atomic mass is 19.4. The highest BCUT2D eigenvalue weighted by Crippen LogP contribution is 2.11. The van der Waals surface area contributed by atoms with Crippen molar-refractivity contribution in [1.82, 2.24) is 10.7 Å². The van der Waals surface area contributed by atoms with Gasteiger partial charge in [-0.15, -0.1) is 0 Å². The summed E-state index contributed by atoms with van der Waals surface area (Å²) in [4.78, 5) is 33.0. The van der Waals surface area contributed by atoms with Crippen LogP contribution in [0, 0.1) is 0 Å². The maximum Gasteiger partial charge on any atom is 0.405 e. The van der Waals surface area contributed by atoms with Crippen molar-refractivity contribution in [3.8, 4) is 0 Å². The Kier molecular flexibility index (Phi) is 4.84. The number of carbonyl (C=O) groups is 3. The third-order valence-electron chi connectivity index (χ3n) is 1.96. The molecular weight excluding hydrogens is 271 g/mol. The van der Waals surface area contributed by atoms with Gasteiger partial charge in [0.2, 0.25) is 5.91 Å². The maximum absolute atomic E-state index is 11.8. The van der Waals surface area contributed by atoms with Crippen molar-refractivity contribution in [1.29, 1.82) is 0 Å². The predicted octanol–water partition coefficient (Wildman–Crippen LogP) is -0.526. The molecule has 19 heavy (non-hydrogen) atoms. The van der Waals surface area contributed by atoms with Gasteiger partial charge in [0.25, 0.3) is 5.91 Å². The van der Waals surface area contributed by atoms with Crippen molar-refractivity contribution in [2.45, 2.75) is 19.0 Å². The standard InChI is InChI=1S/C9H10F3N3O4/c10-9(11,12)4-13-7(17)3-19-8(18)5-1-2-6(16)15-14-5/h1-4H2,(H,13,17)(H,15,16).